The Labute approximate surface area is 130 Å². The largest absolute Gasteiger partial charge is 0.478 e. The lowest BCUT2D eigenvalue weighted by atomic mass is 10.1. The Kier molecular flexibility index (Phi) is 5.15. The van der Waals surface area contributed by atoms with Crippen LogP contribution >= 0.6 is 0 Å². The third-order valence-electron chi connectivity index (χ3n) is 3.28. The molecule has 0 aliphatic heterocycles. The van der Waals surface area contributed by atoms with Crippen LogP contribution in [0.2, 0.25) is 0 Å². The van der Waals surface area contributed by atoms with E-state index in [4.69, 9.17) is 0 Å². The molecule has 0 atom stereocenters. The molecule has 0 heterocycles. The van der Waals surface area contributed by atoms with Gasteiger partial charge in [0.1, 0.15) is 0 Å². The van der Waals surface area contributed by atoms with Gasteiger partial charge in [-0.1, -0.05) is 54.6 Å². The number of nitrogens with zero attached hydrogens (tertiary/aromatic N) is 1. The Morgan fingerprint density at radius 1 is 1.00 bits per heavy atom. The molecule has 0 aliphatic rings. The molecular formula is C19H19NO2. The average Bonchev–Trinajstić information content (AvgIpc) is 2.52. The van der Waals surface area contributed by atoms with Crippen LogP contribution in [0.5, 0.6) is 0 Å². The highest BCUT2D eigenvalue weighted by molar-refractivity contribution is 6.15. The summed E-state index contributed by atoms with van der Waals surface area (Å²) in [4.78, 5) is 13.4. The molecule has 0 aromatic heterocycles. The van der Waals surface area contributed by atoms with E-state index in [0.717, 1.165) is 11.3 Å². The zero-order valence-electron chi connectivity index (χ0n) is 12.7. The van der Waals surface area contributed by atoms with Crippen LogP contribution in [0.1, 0.15) is 11.1 Å². The van der Waals surface area contributed by atoms with Gasteiger partial charge in [-0.3, -0.25) is 0 Å². The maximum Gasteiger partial charge on any atom is 0.336 e. The van der Waals surface area contributed by atoms with E-state index in [1.807, 2.05) is 67.5 Å². The van der Waals surface area contributed by atoms with Gasteiger partial charge in [0.15, 0.2) is 0 Å². The van der Waals surface area contributed by atoms with E-state index in [1.54, 1.807) is 24.3 Å². The van der Waals surface area contributed by atoms with E-state index in [9.17, 15) is 9.90 Å². The molecule has 0 aliphatic carbocycles. The molecule has 0 saturated carbocycles. The van der Waals surface area contributed by atoms with Crippen LogP contribution in [0.4, 0.5) is 5.69 Å². The van der Waals surface area contributed by atoms with Gasteiger partial charge in [-0.05, 0) is 29.3 Å². The second-order valence-electron chi connectivity index (χ2n) is 5.10. The molecule has 2 rings (SSSR count). The monoisotopic (exact) mass is 293 g/mol. The topological polar surface area (TPSA) is 40.5 Å². The summed E-state index contributed by atoms with van der Waals surface area (Å²) in [5.74, 6) is -0.932. The minimum atomic E-state index is -0.932. The molecule has 0 radical (unpaired) electrons. The Hall–Kier alpha value is -2.81. The average molecular weight is 293 g/mol. The predicted octanol–water partition coefficient (Wildman–Crippen LogP) is 3.93. The number of carboxylic acid groups (broad SMARTS) is 1. The Bertz CT molecular complexity index is 683. The van der Waals surface area contributed by atoms with Crippen LogP contribution in [0.25, 0.3) is 11.6 Å². The highest BCUT2D eigenvalue weighted by atomic mass is 16.4. The lowest BCUT2D eigenvalue weighted by Gasteiger charge is -2.11. The zero-order valence-corrected chi connectivity index (χ0v) is 12.7. The molecule has 2 aromatic rings. The highest BCUT2D eigenvalue weighted by Crippen LogP contribution is 2.16. The summed E-state index contributed by atoms with van der Waals surface area (Å²) >= 11 is 0. The van der Waals surface area contributed by atoms with E-state index >= 15 is 0 Å². The van der Waals surface area contributed by atoms with Gasteiger partial charge in [-0.25, -0.2) is 4.79 Å². The van der Waals surface area contributed by atoms with E-state index < -0.39 is 5.97 Å². The van der Waals surface area contributed by atoms with Crippen molar-refractivity contribution in [3.8, 4) is 0 Å². The molecule has 3 heteroatoms. The Morgan fingerprint density at radius 2 is 1.64 bits per heavy atom. The molecule has 0 saturated heterocycles. The SMILES string of the molecule is CN(C)c1ccc(C=CC=C(C(=O)O)c2ccccc2)cc1. The first-order valence-corrected chi connectivity index (χ1v) is 7.02. The highest BCUT2D eigenvalue weighted by Gasteiger charge is 2.07. The van der Waals surface area contributed by atoms with Crippen molar-refractivity contribution in [2.24, 2.45) is 0 Å². The number of rotatable bonds is 5. The molecule has 0 unspecified atom stereocenters. The Balaban J connectivity index is 2.19. The van der Waals surface area contributed by atoms with Gasteiger partial charge in [0.25, 0.3) is 0 Å². The molecule has 0 amide bonds. The van der Waals surface area contributed by atoms with E-state index in [1.165, 1.54) is 0 Å². The van der Waals surface area contributed by atoms with Gasteiger partial charge in [-0.2, -0.15) is 0 Å². The van der Waals surface area contributed by atoms with Crippen LogP contribution in [-0.4, -0.2) is 25.2 Å². The van der Waals surface area contributed by atoms with Crippen molar-refractivity contribution in [2.75, 3.05) is 19.0 Å². The molecule has 1 N–H and O–H groups in total. The van der Waals surface area contributed by atoms with Crippen LogP contribution in [0.3, 0.4) is 0 Å². The molecular weight excluding hydrogens is 274 g/mol. The van der Waals surface area contributed by atoms with Crippen molar-refractivity contribution in [3.05, 3.63) is 77.9 Å². The Morgan fingerprint density at radius 3 is 2.18 bits per heavy atom. The maximum absolute atomic E-state index is 11.4. The van der Waals surface area contributed by atoms with E-state index in [-0.39, 0.29) is 5.57 Å². The third kappa shape index (κ3) is 4.09. The number of aliphatic carboxylic acids is 1. The summed E-state index contributed by atoms with van der Waals surface area (Å²) < 4.78 is 0. The van der Waals surface area contributed by atoms with E-state index in [2.05, 4.69) is 0 Å². The quantitative estimate of drug-likeness (QED) is 0.670. The molecule has 0 fully saturated rings. The first-order valence-electron chi connectivity index (χ1n) is 7.02. The van der Waals surface area contributed by atoms with Gasteiger partial charge >= 0.3 is 5.97 Å². The van der Waals surface area contributed by atoms with Crippen molar-refractivity contribution in [1.82, 2.24) is 0 Å². The molecule has 0 spiro atoms. The van der Waals surface area contributed by atoms with Crippen LogP contribution in [0.15, 0.2) is 66.7 Å². The van der Waals surface area contributed by atoms with Crippen molar-refractivity contribution < 1.29 is 9.90 Å². The summed E-state index contributed by atoms with van der Waals surface area (Å²) in [5.41, 5.74) is 3.13. The molecule has 3 nitrogen and oxygen atoms in total. The van der Waals surface area contributed by atoms with Crippen molar-refractivity contribution in [3.63, 3.8) is 0 Å². The van der Waals surface area contributed by atoms with Crippen molar-refractivity contribution in [1.29, 1.82) is 0 Å². The number of benzene rings is 2. The number of carboxylic acids is 1. The van der Waals surface area contributed by atoms with Crippen molar-refractivity contribution >= 4 is 23.3 Å². The van der Waals surface area contributed by atoms with Crippen LogP contribution in [-0.2, 0) is 4.79 Å². The van der Waals surface area contributed by atoms with Gasteiger partial charge in [0.05, 0.1) is 5.57 Å². The third-order valence-corrected chi connectivity index (χ3v) is 3.28. The summed E-state index contributed by atoms with van der Waals surface area (Å²) in [6, 6.07) is 17.2. The second kappa shape index (κ2) is 7.27. The lowest BCUT2D eigenvalue weighted by Crippen LogP contribution is -2.07. The van der Waals surface area contributed by atoms with Gasteiger partial charge in [0, 0.05) is 19.8 Å². The van der Waals surface area contributed by atoms with Gasteiger partial charge < -0.3 is 10.0 Å². The molecule has 112 valence electrons. The van der Waals surface area contributed by atoms with E-state index in [0.29, 0.717) is 5.56 Å². The van der Waals surface area contributed by atoms with Crippen LogP contribution in [0, 0.1) is 0 Å². The lowest BCUT2D eigenvalue weighted by molar-refractivity contribution is -0.130. The van der Waals surface area contributed by atoms with Gasteiger partial charge in [0.2, 0.25) is 0 Å². The smallest absolute Gasteiger partial charge is 0.336 e. The molecule has 2 aromatic carbocycles. The van der Waals surface area contributed by atoms with Crippen LogP contribution < -0.4 is 4.90 Å². The normalized spacial score (nSPS) is 11.6. The molecule has 22 heavy (non-hydrogen) atoms. The number of carbonyl (C=O) groups is 1. The number of hydrogen-bond acceptors (Lipinski definition) is 2. The summed E-state index contributed by atoms with van der Waals surface area (Å²) in [6.45, 7) is 0. The fourth-order valence-corrected chi connectivity index (χ4v) is 2.05. The first-order chi connectivity index (χ1) is 10.6. The summed E-state index contributed by atoms with van der Waals surface area (Å²) in [6.07, 6.45) is 5.28. The number of hydrogen-bond donors (Lipinski definition) is 1. The fourth-order valence-electron chi connectivity index (χ4n) is 2.05. The minimum Gasteiger partial charge on any atom is -0.478 e. The maximum atomic E-state index is 11.4. The van der Waals surface area contributed by atoms with Crippen molar-refractivity contribution in [2.45, 2.75) is 0 Å². The fraction of sp³-hybridized carbons (Fsp3) is 0.105. The minimum absolute atomic E-state index is 0.279. The zero-order chi connectivity index (χ0) is 15.9. The first kappa shape index (κ1) is 15.6. The second-order valence-corrected chi connectivity index (χ2v) is 5.10. The number of allylic oxidation sites excluding steroid dienone is 2. The number of anilines is 1. The predicted molar refractivity (Wildman–Crippen MR) is 91.9 cm³/mol. The summed E-state index contributed by atoms with van der Waals surface area (Å²) in [5, 5.41) is 9.31. The summed E-state index contributed by atoms with van der Waals surface area (Å²) in [7, 11) is 3.99. The molecule has 0 bridgehead atoms. The standard InChI is InChI=1S/C19H19NO2/c1-20(2)17-13-11-15(12-14-17)7-6-10-18(19(21)22)16-8-4-3-5-9-16/h3-14H,1-2H3,(H,21,22). The van der Waals surface area contributed by atoms with Gasteiger partial charge in [-0.15, -0.1) is 0 Å².